The summed E-state index contributed by atoms with van der Waals surface area (Å²) in [6.07, 6.45) is 1.16. The van der Waals surface area contributed by atoms with Crippen molar-refractivity contribution < 1.29 is 4.74 Å². The molecule has 0 aliphatic carbocycles. The van der Waals surface area contributed by atoms with Crippen molar-refractivity contribution in [3.05, 3.63) is 35.4 Å². The average Bonchev–Trinajstić information content (AvgIpc) is 2.43. The van der Waals surface area contributed by atoms with Crippen LogP contribution in [-0.4, -0.2) is 43.3 Å². The summed E-state index contributed by atoms with van der Waals surface area (Å²) < 4.78 is 5.83. The molecule has 1 aliphatic heterocycles. The van der Waals surface area contributed by atoms with E-state index in [0.717, 1.165) is 39.2 Å². The molecule has 0 bridgehead atoms. The highest BCUT2D eigenvalue weighted by atomic mass is 16.5. The van der Waals surface area contributed by atoms with E-state index in [1.165, 1.54) is 11.1 Å². The number of nitrogens with zero attached hydrogens (tertiary/aromatic N) is 1. The standard InChI is InChI=1S/C18H30N2O/c1-5-10-19-17(16-9-7-6-8-15(16)2)13-20-11-12-21-18(3,4)14-20/h6-9,17,19H,5,10-14H2,1-4H3. The maximum absolute atomic E-state index is 5.83. The molecule has 1 atom stereocenters. The molecular formula is C18H30N2O. The lowest BCUT2D eigenvalue weighted by molar-refractivity contribution is -0.0876. The molecule has 0 spiro atoms. The number of hydrogen-bond donors (Lipinski definition) is 1. The first kappa shape index (κ1) is 16.5. The van der Waals surface area contributed by atoms with Gasteiger partial charge in [-0.05, 0) is 44.9 Å². The number of nitrogens with one attached hydrogen (secondary N) is 1. The highest BCUT2D eigenvalue weighted by Gasteiger charge is 2.28. The normalized spacial score (nSPS) is 20.4. The van der Waals surface area contributed by atoms with Gasteiger partial charge in [0.2, 0.25) is 0 Å². The van der Waals surface area contributed by atoms with Gasteiger partial charge >= 0.3 is 0 Å². The maximum atomic E-state index is 5.83. The molecule has 21 heavy (non-hydrogen) atoms. The predicted molar refractivity (Wildman–Crippen MR) is 88.7 cm³/mol. The second kappa shape index (κ2) is 7.39. The highest BCUT2D eigenvalue weighted by molar-refractivity contribution is 5.29. The Kier molecular flexibility index (Phi) is 5.80. The summed E-state index contributed by atoms with van der Waals surface area (Å²) in [6.45, 7) is 13.8. The molecule has 1 heterocycles. The lowest BCUT2D eigenvalue weighted by atomic mass is 9.99. The molecular weight excluding hydrogens is 260 g/mol. The van der Waals surface area contributed by atoms with Crippen LogP contribution in [0.1, 0.15) is 44.4 Å². The Morgan fingerprint density at radius 3 is 2.76 bits per heavy atom. The Morgan fingerprint density at radius 2 is 2.10 bits per heavy atom. The lowest BCUT2D eigenvalue weighted by Gasteiger charge is -2.40. The van der Waals surface area contributed by atoms with Crippen LogP contribution in [-0.2, 0) is 4.74 Å². The van der Waals surface area contributed by atoms with Crippen LogP contribution in [0, 0.1) is 6.92 Å². The topological polar surface area (TPSA) is 24.5 Å². The van der Waals surface area contributed by atoms with Crippen molar-refractivity contribution in [3.63, 3.8) is 0 Å². The van der Waals surface area contributed by atoms with E-state index in [0.29, 0.717) is 6.04 Å². The molecule has 1 aromatic carbocycles. The van der Waals surface area contributed by atoms with E-state index in [1.807, 2.05) is 0 Å². The zero-order valence-electron chi connectivity index (χ0n) is 14.0. The third kappa shape index (κ3) is 4.80. The largest absolute Gasteiger partial charge is 0.373 e. The van der Waals surface area contributed by atoms with Gasteiger partial charge in [0, 0.05) is 25.7 Å². The van der Waals surface area contributed by atoms with Crippen molar-refractivity contribution in [1.29, 1.82) is 0 Å². The first-order valence-electron chi connectivity index (χ1n) is 8.17. The van der Waals surface area contributed by atoms with Gasteiger partial charge in [-0.25, -0.2) is 0 Å². The SMILES string of the molecule is CCCNC(CN1CCOC(C)(C)C1)c1ccccc1C. The summed E-state index contributed by atoms with van der Waals surface area (Å²) >= 11 is 0. The van der Waals surface area contributed by atoms with Gasteiger partial charge in [0.25, 0.3) is 0 Å². The number of hydrogen-bond acceptors (Lipinski definition) is 3. The Bertz CT molecular complexity index is 445. The van der Waals surface area contributed by atoms with Gasteiger partial charge in [0.15, 0.2) is 0 Å². The fourth-order valence-electron chi connectivity index (χ4n) is 3.10. The van der Waals surface area contributed by atoms with E-state index in [9.17, 15) is 0 Å². The van der Waals surface area contributed by atoms with Crippen molar-refractivity contribution in [2.45, 2.75) is 45.8 Å². The van der Waals surface area contributed by atoms with E-state index in [1.54, 1.807) is 0 Å². The monoisotopic (exact) mass is 290 g/mol. The van der Waals surface area contributed by atoms with Gasteiger partial charge in [0.05, 0.1) is 12.2 Å². The quantitative estimate of drug-likeness (QED) is 0.871. The van der Waals surface area contributed by atoms with Crippen LogP contribution >= 0.6 is 0 Å². The molecule has 1 N–H and O–H groups in total. The third-order valence-corrected chi connectivity index (χ3v) is 4.15. The van der Waals surface area contributed by atoms with Crippen LogP contribution in [0.3, 0.4) is 0 Å². The number of rotatable bonds is 6. The Hall–Kier alpha value is -0.900. The van der Waals surface area contributed by atoms with E-state index >= 15 is 0 Å². The molecule has 1 unspecified atom stereocenters. The molecule has 0 saturated carbocycles. The zero-order valence-corrected chi connectivity index (χ0v) is 14.0. The summed E-state index contributed by atoms with van der Waals surface area (Å²) in [5.74, 6) is 0. The zero-order chi connectivity index (χ0) is 15.3. The van der Waals surface area contributed by atoms with E-state index < -0.39 is 0 Å². The van der Waals surface area contributed by atoms with Gasteiger partial charge in [-0.3, -0.25) is 4.90 Å². The highest BCUT2D eigenvalue weighted by Crippen LogP contribution is 2.22. The molecule has 1 saturated heterocycles. The first-order valence-corrected chi connectivity index (χ1v) is 8.17. The summed E-state index contributed by atoms with van der Waals surface area (Å²) in [6, 6.07) is 9.13. The predicted octanol–water partition coefficient (Wildman–Crippen LogP) is 3.15. The number of morpholine rings is 1. The summed E-state index contributed by atoms with van der Waals surface area (Å²) in [5, 5.41) is 3.72. The van der Waals surface area contributed by atoms with Crippen molar-refractivity contribution in [2.24, 2.45) is 0 Å². The fraction of sp³-hybridized carbons (Fsp3) is 0.667. The Morgan fingerprint density at radius 1 is 1.33 bits per heavy atom. The van der Waals surface area contributed by atoms with Crippen LogP contribution in [0.25, 0.3) is 0 Å². The third-order valence-electron chi connectivity index (χ3n) is 4.15. The fourth-order valence-corrected chi connectivity index (χ4v) is 3.10. The smallest absolute Gasteiger partial charge is 0.0753 e. The van der Waals surface area contributed by atoms with Crippen molar-refractivity contribution in [3.8, 4) is 0 Å². The minimum Gasteiger partial charge on any atom is -0.373 e. The molecule has 2 rings (SSSR count). The van der Waals surface area contributed by atoms with Crippen molar-refractivity contribution in [1.82, 2.24) is 10.2 Å². The molecule has 3 heteroatoms. The van der Waals surface area contributed by atoms with E-state index in [4.69, 9.17) is 4.74 Å². The van der Waals surface area contributed by atoms with Gasteiger partial charge in [0.1, 0.15) is 0 Å². The number of ether oxygens (including phenoxy) is 1. The van der Waals surface area contributed by atoms with Crippen LogP contribution in [0.2, 0.25) is 0 Å². The van der Waals surface area contributed by atoms with Gasteiger partial charge in [-0.15, -0.1) is 0 Å². The minimum absolute atomic E-state index is 0.0285. The summed E-state index contributed by atoms with van der Waals surface area (Å²) in [4.78, 5) is 2.53. The second-order valence-corrected chi connectivity index (χ2v) is 6.71. The van der Waals surface area contributed by atoms with E-state index in [-0.39, 0.29) is 5.60 Å². The summed E-state index contributed by atoms with van der Waals surface area (Å²) in [5.41, 5.74) is 2.77. The van der Waals surface area contributed by atoms with Crippen LogP contribution in [0.15, 0.2) is 24.3 Å². The molecule has 1 aromatic rings. The molecule has 118 valence electrons. The molecule has 1 aliphatic rings. The minimum atomic E-state index is -0.0285. The Labute approximate surface area is 129 Å². The summed E-state index contributed by atoms with van der Waals surface area (Å²) in [7, 11) is 0. The number of benzene rings is 1. The van der Waals surface area contributed by atoms with Crippen LogP contribution in [0.4, 0.5) is 0 Å². The lowest BCUT2D eigenvalue weighted by Crippen LogP contribution is -2.50. The molecule has 0 radical (unpaired) electrons. The average molecular weight is 290 g/mol. The molecule has 0 aromatic heterocycles. The Balaban J connectivity index is 2.08. The van der Waals surface area contributed by atoms with Crippen molar-refractivity contribution in [2.75, 3.05) is 32.8 Å². The van der Waals surface area contributed by atoms with Gasteiger partial charge in [-0.2, -0.15) is 0 Å². The number of aryl methyl sites for hydroxylation is 1. The van der Waals surface area contributed by atoms with Crippen LogP contribution in [0.5, 0.6) is 0 Å². The maximum Gasteiger partial charge on any atom is 0.0753 e. The van der Waals surface area contributed by atoms with Gasteiger partial charge in [-0.1, -0.05) is 31.2 Å². The second-order valence-electron chi connectivity index (χ2n) is 6.71. The first-order chi connectivity index (χ1) is 10.0. The molecule has 1 fully saturated rings. The van der Waals surface area contributed by atoms with Crippen LogP contribution < -0.4 is 5.32 Å². The molecule has 3 nitrogen and oxygen atoms in total. The molecule has 0 amide bonds. The van der Waals surface area contributed by atoms with E-state index in [2.05, 4.69) is 62.2 Å². The van der Waals surface area contributed by atoms with Gasteiger partial charge < -0.3 is 10.1 Å². The van der Waals surface area contributed by atoms with Crippen molar-refractivity contribution >= 4 is 0 Å².